The fraction of sp³-hybridized carbons (Fsp3) is 0.588. The standard InChI is InChI=1S/C17H23N3O4/c21-15-9-5-13(6-10-15)18-17(22)19(14-7-8-14)11-12-3-1-2-4-16(12)20(23)24/h1-4,13-15,21H,5-11H2,(H,18,22). The van der Waals surface area contributed by atoms with Crippen LogP contribution in [0, 0.1) is 10.1 Å². The van der Waals surface area contributed by atoms with E-state index in [0.29, 0.717) is 18.4 Å². The third kappa shape index (κ3) is 4.03. The van der Waals surface area contributed by atoms with Crippen LogP contribution in [0.2, 0.25) is 0 Å². The number of carbonyl (C=O) groups is 1. The van der Waals surface area contributed by atoms with E-state index in [2.05, 4.69) is 5.32 Å². The smallest absolute Gasteiger partial charge is 0.318 e. The first-order chi connectivity index (χ1) is 11.5. The fourth-order valence-corrected chi connectivity index (χ4v) is 3.24. The summed E-state index contributed by atoms with van der Waals surface area (Å²) >= 11 is 0. The summed E-state index contributed by atoms with van der Waals surface area (Å²) in [6.07, 6.45) is 4.59. The molecule has 2 fully saturated rings. The maximum atomic E-state index is 12.6. The molecule has 2 aliphatic carbocycles. The van der Waals surface area contributed by atoms with E-state index in [0.717, 1.165) is 25.7 Å². The van der Waals surface area contributed by atoms with E-state index in [1.165, 1.54) is 6.07 Å². The lowest BCUT2D eigenvalue weighted by molar-refractivity contribution is -0.385. The average molecular weight is 333 g/mol. The lowest BCUT2D eigenvalue weighted by Gasteiger charge is -2.30. The molecule has 0 atom stereocenters. The molecule has 2 saturated carbocycles. The van der Waals surface area contributed by atoms with Crippen molar-refractivity contribution in [2.24, 2.45) is 0 Å². The van der Waals surface area contributed by atoms with Gasteiger partial charge < -0.3 is 15.3 Å². The van der Waals surface area contributed by atoms with Crippen molar-refractivity contribution >= 4 is 11.7 Å². The Morgan fingerprint density at radius 3 is 2.50 bits per heavy atom. The van der Waals surface area contributed by atoms with E-state index in [1.54, 1.807) is 23.1 Å². The van der Waals surface area contributed by atoms with Crippen LogP contribution in [0.4, 0.5) is 10.5 Å². The molecule has 7 nitrogen and oxygen atoms in total. The molecular formula is C17H23N3O4. The van der Waals surface area contributed by atoms with Gasteiger partial charge in [0.15, 0.2) is 0 Å². The number of nitrogens with one attached hydrogen (secondary N) is 1. The van der Waals surface area contributed by atoms with Crippen molar-refractivity contribution < 1.29 is 14.8 Å². The third-order valence-corrected chi connectivity index (χ3v) is 4.80. The number of benzene rings is 1. The van der Waals surface area contributed by atoms with Crippen LogP contribution in [0.3, 0.4) is 0 Å². The summed E-state index contributed by atoms with van der Waals surface area (Å²) in [5, 5.41) is 23.8. The van der Waals surface area contributed by atoms with Crippen LogP contribution in [-0.2, 0) is 6.54 Å². The average Bonchev–Trinajstić information content (AvgIpc) is 3.39. The van der Waals surface area contributed by atoms with Gasteiger partial charge in [-0.15, -0.1) is 0 Å². The van der Waals surface area contributed by atoms with Crippen molar-refractivity contribution in [3.8, 4) is 0 Å². The summed E-state index contributed by atoms with van der Waals surface area (Å²) in [6.45, 7) is 0.253. The summed E-state index contributed by atoms with van der Waals surface area (Å²) in [7, 11) is 0. The Hall–Kier alpha value is -2.15. The quantitative estimate of drug-likeness (QED) is 0.639. The van der Waals surface area contributed by atoms with Crippen molar-refractivity contribution in [3.63, 3.8) is 0 Å². The number of nitrogens with zero attached hydrogens (tertiary/aromatic N) is 2. The number of nitro groups is 1. The first kappa shape index (κ1) is 16.7. The molecule has 0 bridgehead atoms. The number of hydrogen-bond acceptors (Lipinski definition) is 4. The van der Waals surface area contributed by atoms with Gasteiger partial charge in [0.05, 0.1) is 17.6 Å². The van der Waals surface area contributed by atoms with Crippen LogP contribution in [0.15, 0.2) is 24.3 Å². The van der Waals surface area contributed by atoms with Gasteiger partial charge in [0.2, 0.25) is 0 Å². The van der Waals surface area contributed by atoms with E-state index in [1.807, 2.05) is 0 Å². The highest BCUT2D eigenvalue weighted by molar-refractivity contribution is 5.75. The van der Waals surface area contributed by atoms with Gasteiger partial charge in [0.1, 0.15) is 0 Å². The van der Waals surface area contributed by atoms with Crippen LogP contribution in [-0.4, -0.2) is 39.1 Å². The van der Waals surface area contributed by atoms with Gasteiger partial charge in [-0.1, -0.05) is 18.2 Å². The van der Waals surface area contributed by atoms with Crippen molar-refractivity contribution in [2.75, 3.05) is 0 Å². The van der Waals surface area contributed by atoms with Crippen LogP contribution in [0.5, 0.6) is 0 Å². The minimum atomic E-state index is -0.402. The zero-order valence-corrected chi connectivity index (χ0v) is 13.6. The number of carbonyl (C=O) groups excluding carboxylic acids is 1. The third-order valence-electron chi connectivity index (χ3n) is 4.80. The molecular weight excluding hydrogens is 310 g/mol. The second kappa shape index (κ2) is 7.17. The first-order valence-corrected chi connectivity index (χ1v) is 8.52. The fourth-order valence-electron chi connectivity index (χ4n) is 3.24. The Bertz CT molecular complexity index is 610. The minimum Gasteiger partial charge on any atom is -0.393 e. The van der Waals surface area contributed by atoms with E-state index < -0.39 is 4.92 Å². The Morgan fingerprint density at radius 2 is 1.88 bits per heavy atom. The number of para-hydroxylation sites is 1. The van der Waals surface area contributed by atoms with Crippen LogP contribution in [0.1, 0.15) is 44.1 Å². The highest BCUT2D eigenvalue weighted by Crippen LogP contribution is 2.30. The lowest BCUT2D eigenvalue weighted by atomic mass is 9.93. The normalized spacial score (nSPS) is 23.5. The molecule has 2 aliphatic rings. The second-order valence-corrected chi connectivity index (χ2v) is 6.70. The zero-order chi connectivity index (χ0) is 17.1. The van der Waals surface area contributed by atoms with Gasteiger partial charge >= 0.3 is 6.03 Å². The van der Waals surface area contributed by atoms with Gasteiger partial charge in [0, 0.05) is 23.7 Å². The van der Waals surface area contributed by atoms with Crippen molar-refractivity contribution in [1.29, 1.82) is 0 Å². The molecule has 0 aromatic heterocycles. The number of hydrogen-bond donors (Lipinski definition) is 2. The van der Waals surface area contributed by atoms with Gasteiger partial charge in [-0.2, -0.15) is 0 Å². The topological polar surface area (TPSA) is 95.7 Å². The minimum absolute atomic E-state index is 0.0525. The monoisotopic (exact) mass is 333 g/mol. The predicted molar refractivity (Wildman–Crippen MR) is 88.5 cm³/mol. The Balaban J connectivity index is 1.67. The van der Waals surface area contributed by atoms with Gasteiger partial charge in [-0.05, 0) is 38.5 Å². The van der Waals surface area contributed by atoms with E-state index in [4.69, 9.17) is 0 Å². The summed E-state index contributed by atoms with van der Waals surface area (Å²) in [5.74, 6) is 0. The number of urea groups is 1. The molecule has 3 rings (SSSR count). The largest absolute Gasteiger partial charge is 0.393 e. The number of amides is 2. The molecule has 24 heavy (non-hydrogen) atoms. The molecule has 130 valence electrons. The zero-order valence-electron chi connectivity index (χ0n) is 13.6. The Labute approximate surface area is 140 Å². The highest BCUT2D eigenvalue weighted by atomic mass is 16.6. The summed E-state index contributed by atoms with van der Waals surface area (Å²) in [6, 6.07) is 6.66. The number of rotatable bonds is 5. The summed E-state index contributed by atoms with van der Waals surface area (Å²) < 4.78 is 0. The number of nitro benzene ring substituents is 1. The predicted octanol–water partition coefficient (Wildman–Crippen LogP) is 2.57. The first-order valence-electron chi connectivity index (χ1n) is 8.52. The molecule has 0 heterocycles. The number of aliphatic hydroxyl groups excluding tert-OH is 1. The van der Waals surface area contributed by atoms with E-state index in [9.17, 15) is 20.0 Å². The van der Waals surface area contributed by atoms with Gasteiger partial charge in [-0.25, -0.2) is 4.79 Å². The summed E-state index contributed by atoms with van der Waals surface area (Å²) in [4.78, 5) is 25.1. The molecule has 1 aromatic carbocycles. The van der Waals surface area contributed by atoms with E-state index >= 15 is 0 Å². The molecule has 0 radical (unpaired) electrons. The SMILES string of the molecule is O=C(NC1CCC(O)CC1)N(Cc1ccccc1[N+](=O)[O-])C1CC1. The van der Waals surface area contributed by atoms with E-state index in [-0.39, 0.29) is 36.5 Å². The molecule has 7 heteroatoms. The lowest BCUT2D eigenvalue weighted by Crippen LogP contribution is -2.47. The molecule has 0 saturated heterocycles. The van der Waals surface area contributed by atoms with Crippen molar-refractivity contribution in [1.82, 2.24) is 10.2 Å². The maximum Gasteiger partial charge on any atom is 0.318 e. The molecule has 0 unspecified atom stereocenters. The van der Waals surface area contributed by atoms with Crippen LogP contribution in [0.25, 0.3) is 0 Å². The van der Waals surface area contributed by atoms with Crippen molar-refractivity contribution in [2.45, 2.75) is 63.3 Å². The molecule has 0 aliphatic heterocycles. The highest BCUT2D eigenvalue weighted by Gasteiger charge is 2.35. The molecule has 1 aromatic rings. The van der Waals surface area contributed by atoms with Crippen LogP contribution < -0.4 is 5.32 Å². The number of aliphatic hydroxyl groups is 1. The Morgan fingerprint density at radius 1 is 1.21 bits per heavy atom. The van der Waals surface area contributed by atoms with Gasteiger partial charge in [0.25, 0.3) is 5.69 Å². The Kier molecular flexibility index (Phi) is 4.99. The second-order valence-electron chi connectivity index (χ2n) is 6.70. The summed E-state index contributed by atoms with van der Waals surface area (Å²) in [5.41, 5.74) is 0.611. The molecule has 2 N–H and O–H groups in total. The molecule has 2 amide bonds. The van der Waals surface area contributed by atoms with Gasteiger partial charge in [-0.3, -0.25) is 10.1 Å². The van der Waals surface area contributed by atoms with Crippen molar-refractivity contribution in [3.05, 3.63) is 39.9 Å². The maximum absolute atomic E-state index is 12.6. The molecule has 0 spiro atoms. The van der Waals surface area contributed by atoms with Crippen LogP contribution >= 0.6 is 0 Å².